The molecule has 2 aromatic rings. The molecule has 74 valence electrons. The molecule has 0 saturated carbocycles. The molecule has 5 nitrogen and oxygen atoms in total. The Bertz CT molecular complexity index is 598. The van der Waals surface area contributed by atoms with Crippen LogP contribution in [-0.2, 0) is 6.54 Å². The van der Waals surface area contributed by atoms with Crippen LogP contribution in [0.5, 0.6) is 0 Å². The number of carboxylic acid groups (broad SMARTS) is 1. The lowest BCUT2D eigenvalue weighted by molar-refractivity contribution is 0.0691. The fourth-order valence-electron chi connectivity index (χ4n) is 1.81. The molecule has 3 rings (SSSR count). The fraction of sp³-hybridized carbons (Fsp3) is 0.100. The van der Waals surface area contributed by atoms with Crippen LogP contribution < -0.4 is 0 Å². The van der Waals surface area contributed by atoms with Gasteiger partial charge in [-0.1, -0.05) is 0 Å². The van der Waals surface area contributed by atoms with Crippen molar-refractivity contribution in [1.82, 2.24) is 4.98 Å². The normalized spacial score (nSPS) is 13.3. The zero-order valence-corrected chi connectivity index (χ0v) is 7.69. The van der Waals surface area contributed by atoms with Gasteiger partial charge in [-0.05, 0) is 18.2 Å². The molecule has 0 atom stereocenters. The SMILES string of the molecule is O=C(O)c1cc2c3c(ccc2[nH]1)N=NC3. The smallest absolute Gasteiger partial charge is 0.352 e. The van der Waals surface area contributed by atoms with Crippen LogP contribution in [0.25, 0.3) is 10.9 Å². The number of nitrogens with zero attached hydrogens (tertiary/aromatic N) is 2. The zero-order chi connectivity index (χ0) is 10.4. The highest BCUT2D eigenvalue weighted by atomic mass is 16.4. The van der Waals surface area contributed by atoms with Crippen LogP contribution in [0.15, 0.2) is 28.4 Å². The number of aromatic carboxylic acids is 1. The van der Waals surface area contributed by atoms with E-state index in [4.69, 9.17) is 5.11 Å². The number of carboxylic acids is 1. The van der Waals surface area contributed by atoms with Gasteiger partial charge in [0.25, 0.3) is 0 Å². The van der Waals surface area contributed by atoms with Gasteiger partial charge in [0.05, 0.1) is 12.2 Å². The van der Waals surface area contributed by atoms with E-state index in [1.807, 2.05) is 12.1 Å². The summed E-state index contributed by atoms with van der Waals surface area (Å²) in [6.07, 6.45) is 0. The molecule has 2 N–H and O–H groups in total. The molecule has 0 bridgehead atoms. The lowest BCUT2D eigenvalue weighted by atomic mass is 10.1. The Balaban J connectivity index is 2.33. The van der Waals surface area contributed by atoms with Crippen molar-refractivity contribution in [2.24, 2.45) is 10.2 Å². The molecule has 15 heavy (non-hydrogen) atoms. The number of hydrogen-bond acceptors (Lipinski definition) is 3. The third-order valence-corrected chi connectivity index (χ3v) is 2.53. The summed E-state index contributed by atoms with van der Waals surface area (Å²) in [5, 5.41) is 17.6. The van der Waals surface area contributed by atoms with Crippen LogP contribution in [0.2, 0.25) is 0 Å². The molecule has 0 spiro atoms. The lowest BCUT2D eigenvalue weighted by Gasteiger charge is -1.95. The van der Waals surface area contributed by atoms with Crippen LogP contribution >= 0.6 is 0 Å². The van der Waals surface area contributed by atoms with Gasteiger partial charge in [0.15, 0.2) is 0 Å². The van der Waals surface area contributed by atoms with Crippen LogP contribution in [0.1, 0.15) is 16.1 Å². The molecule has 0 unspecified atom stereocenters. The Labute approximate surface area is 84.4 Å². The summed E-state index contributed by atoms with van der Waals surface area (Å²) in [6.45, 7) is 0.531. The number of aromatic amines is 1. The number of benzene rings is 1. The molecular weight excluding hydrogens is 194 g/mol. The van der Waals surface area contributed by atoms with Gasteiger partial charge in [-0.3, -0.25) is 0 Å². The number of rotatable bonds is 1. The minimum Gasteiger partial charge on any atom is -0.477 e. The van der Waals surface area contributed by atoms with Crippen LogP contribution in [0, 0.1) is 0 Å². The summed E-state index contributed by atoms with van der Waals surface area (Å²) in [5.74, 6) is -0.952. The summed E-state index contributed by atoms with van der Waals surface area (Å²) < 4.78 is 0. The molecular formula is C10H7N3O2. The van der Waals surface area contributed by atoms with E-state index in [1.165, 1.54) is 0 Å². The van der Waals surface area contributed by atoms with Gasteiger partial charge in [-0.15, -0.1) is 0 Å². The summed E-state index contributed by atoms with van der Waals surface area (Å²) in [5.41, 5.74) is 2.85. The summed E-state index contributed by atoms with van der Waals surface area (Å²) in [4.78, 5) is 13.6. The molecule has 0 aliphatic carbocycles. The van der Waals surface area contributed by atoms with E-state index in [1.54, 1.807) is 6.07 Å². The highest BCUT2D eigenvalue weighted by Gasteiger charge is 2.15. The first kappa shape index (κ1) is 8.16. The molecule has 1 aliphatic rings. The molecule has 0 radical (unpaired) electrons. The first-order valence-corrected chi connectivity index (χ1v) is 4.51. The van der Waals surface area contributed by atoms with E-state index in [0.717, 1.165) is 22.2 Å². The van der Waals surface area contributed by atoms with Crippen LogP contribution in [0.4, 0.5) is 5.69 Å². The lowest BCUT2D eigenvalue weighted by Crippen LogP contribution is -1.94. The third-order valence-electron chi connectivity index (χ3n) is 2.53. The van der Waals surface area contributed by atoms with Crippen molar-refractivity contribution in [3.05, 3.63) is 29.5 Å². The predicted octanol–water partition coefficient (Wildman–Crippen LogP) is 2.46. The van der Waals surface area contributed by atoms with E-state index >= 15 is 0 Å². The summed E-state index contributed by atoms with van der Waals surface area (Å²) >= 11 is 0. The van der Waals surface area contributed by atoms with E-state index < -0.39 is 5.97 Å². The number of aromatic nitrogens is 1. The van der Waals surface area contributed by atoms with Gasteiger partial charge < -0.3 is 10.1 Å². The Morgan fingerprint density at radius 1 is 1.47 bits per heavy atom. The predicted molar refractivity (Wildman–Crippen MR) is 53.5 cm³/mol. The van der Waals surface area contributed by atoms with Crippen molar-refractivity contribution in [3.8, 4) is 0 Å². The van der Waals surface area contributed by atoms with Gasteiger partial charge in [0, 0.05) is 16.5 Å². The zero-order valence-electron chi connectivity index (χ0n) is 7.69. The number of hydrogen-bond donors (Lipinski definition) is 2. The number of carbonyl (C=O) groups is 1. The molecule has 0 saturated heterocycles. The molecule has 1 aromatic heterocycles. The van der Waals surface area contributed by atoms with Crippen molar-refractivity contribution in [3.63, 3.8) is 0 Å². The van der Waals surface area contributed by atoms with E-state index in [9.17, 15) is 4.79 Å². The third kappa shape index (κ3) is 1.06. The van der Waals surface area contributed by atoms with Crippen molar-refractivity contribution in [2.75, 3.05) is 0 Å². The maximum Gasteiger partial charge on any atom is 0.352 e. The van der Waals surface area contributed by atoms with Crippen LogP contribution in [-0.4, -0.2) is 16.1 Å². The monoisotopic (exact) mass is 201 g/mol. The van der Waals surface area contributed by atoms with Crippen molar-refractivity contribution >= 4 is 22.6 Å². The average Bonchev–Trinajstić information content (AvgIpc) is 2.82. The summed E-state index contributed by atoms with van der Waals surface area (Å²) in [7, 11) is 0. The highest BCUT2D eigenvalue weighted by molar-refractivity contribution is 5.96. The maximum atomic E-state index is 10.8. The fourth-order valence-corrected chi connectivity index (χ4v) is 1.81. The number of nitrogens with one attached hydrogen (secondary N) is 1. The first-order chi connectivity index (χ1) is 7.25. The summed E-state index contributed by atoms with van der Waals surface area (Å²) in [6, 6.07) is 5.30. The highest BCUT2D eigenvalue weighted by Crippen LogP contribution is 2.33. The first-order valence-electron chi connectivity index (χ1n) is 4.51. The standard InChI is InChI=1S/C10H7N3O2/c14-10(15)9-3-5-6-4-11-13-8(6)2-1-7(5)12-9/h1-3,12H,4H2,(H,14,15). The largest absolute Gasteiger partial charge is 0.477 e. The van der Waals surface area contributed by atoms with Crippen LogP contribution in [0.3, 0.4) is 0 Å². The maximum absolute atomic E-state index is 10.8. The minimum atomic E-state index is -0.952. The minimum absolute atomic E-state index is 0.199. The average molecular weight is 201 g/mol. The Kier molecular flexibility index (Phi) is 1.45. The second-order valence-electron chi connectivity index (χ2n) is 3.41. The topological polar surface area (TPSA) is 77.8 Å². The second-order valence-corrected chi connectivity index (χ2v) is 3.41. The molecule has 0 amide bonds. The second kappa shape index (κ2) is 2.66. The van der Waals surface area contributed by atoms with Gasteiger partial charge in [-0.25, -0.2) is 4.79 Å². The molecule has 1 aliphatic heterocycles. The Hall–Kier alpha value is -2.17. The van der Waals surface area contributed by atoms with Gasteiger partial charge in [0.1, 0.15) is 5.69 Å². The van der Waals surface area contributed by atoms with E-state index in [-0.39, 0.29) is 5.69 Å². The van der Waals surface area contributed by atoms with Gasteiger partial charge >= 0.3 is 5.97 Å². The molecule has 2 heterocycles. The molecule has 0 fully saturated rings. The molecule has 1 aromatic carbocycles. The number of H-pyrrole nitrogens is 1. The number of azo groups is 1. The van der Waals surface area contributed by atoms with Gasteiger partial charge in [0.2, 0.25) is 0 Å². The van der Waals surface area contributed by atoms with Crippen molar-refractivity contribution < 1.29 is 9.90 Å². The van der Waals surface area contributed by atoms with Crippen molar-refractivity contribution in [1.29, 1.82) is 0 Å². The van der Waals surface area contributed by atoms with Gasteiger partial charge in [-0.2, -0.15) is 10.2 Å². The molecule has 5 heteroatoms. The number of fused-ring (bicyclic) bond motifs is 3. The van der Waals surface area contributed by atoms with E-state index in [2.05, 4.69) is 15.2 Å². The van der Waals surface area contributed by atoms with E-state index in [0.29, 0.717) is 6.54 Å². The van der Waals surface area contributed by atoms with Crippen molar-refractivity contribution in [2.45, 2.75) is 6.54 Å². The Morgan fingerprint density at radius 3 is 3.13 bits per heavy atom. The Morgan fingerprint density at radius 2 is 2.33 bits per heavy atom. The quantitative estimate of drug-likeness (QED) is 0.743.